The van der Waals surface area contributed by atoms with E-state index in [2.05, 4.69) is 10.1 Å². The van der Waals surface area contributed by atoms with Crippen LogP contribution in [0.4, 0.5) is 0 Å². The van der Waals surface area contributed by atoms with Crippen LogP contribution in [0.2, 0.25) is 5.02 Å². The van der Waals surface area contributed by atoms with Crippen molar-refractivity contribution in [2.45, 2.75) is 18.9 Å². The molecule has 1 aromatic carbocycles. The van der Waals surface area contributed by atoms with Crippen LogP contribution in [0.25, 0.3) is 5.69 Å². The van der Waals surface area contributed by atoms with Crippen molar-refractivity contribution in [1.82, 2.24) is 14.8 Å². The maximum absolute atomic E-state index is 10.5. The van der Waals surface area contributed by atoms with Crippen molar-refractivity contribution >= 4 is 17.6 Å². The van der Waals surface area contributed by atoms with Gasteiger partial charge in [-0.2, -0.15) is 5.10 Å². The van der Waals surface area contributed by atoms with E-state index in [-0.39, 0.29) is 12.5 Å². The number of hydrogen-bond acceptors (Lipinski definition) is 4. The fourth-order valence-corrected chi connectivity index (χ4v) is 1.99. The van der Waals surface area contributed by atoms with Gasteiger partial charge in [-0.15, -0.1) is 0 Å². The maximum atomic E-state index is 10.5. The monoisotopic (exact) mass is 280 g/mol. The molecule has 0 bridgehead atoms. The Balaban J connectivity index is 2.17. The lowest BCUT2D eigenvalue weighted by Gasteiger charge is -2.12. The third kappa shape index (κ3) is 3.30. The smallest absolute Gasteiger partial charge is 0.303 e. The summed E-state index contributed by atoms with van der Waals surface area (Å²) in [7, 11) is 0. The van der Waals surface area contributed by atoms with Gasteiger partial charge in [-0.3, -0.25) is 4.79 Å². The van der Waals surface area contributed by atoms with Crippen molar-refractivity contribution < 1.29 is 9.90 Å². The summed E-state index contributed by atoms with van der Waals surface area (Å²) in [5.41, 5.74) is 7.43. The molecule has 0 aliphatic heterocycles. The van der Waals surface area contributed by atoms with Gasteiger partial charge in [0.1, 0.15) is 12.7 Å². The molecule has 0 saturated carbocycles. The first-order chi connectivity index (χ1) is 9.08. The third-order valence-corrected chi connectivity index (χ3v) is 3.04. The van der Waals surface area contributed by atoms with Crippen LogP contribution >= 0.6 is 11.6 Å². The van der Waals surface area contributed by atoms with Crippen LogP contribution in [0.15, 0.2) is 30.9 Å². The highest BCUT2D eigenvalue weighted by Gasteiger charge is 2.11. The van der Waals surface area contributed by atoms with E-state index in [9.17, 15) is 4.79 Å². The zero-order valence-electron chi connectivity index (χ0n) is 10.0. The van der Waals surface area contributed by atoms with E-state index in [4.69, 9.17) is 22.4 Å². The molecule has 19 heavy (non-hydrogen) atoms. The SMILES string of the molecule is NC(CCC(=O)O)c1ccc(-n2cncn2)c(Cl)c1. The van der Waals surface area contributed by atoms with Crippen molar-refractivity contribution in [3.05, 3.63) is 41.4 Å². The molecule has 0 aliphatic rings. The van der Waals surface area contributed by atoms with Gasteiger partial charge < -0.3 is 10.8 Å². The van der Waals surface area contributed by atoms with Crippen LogP contribution in [-0.4, -0.2) is 25.8 Å². The van der Waals surface area contributed by atoms with Gasteiger partial charge in [-0.05, 0) is 24.1 Å². The molecule has 0 radical (unpaired) electrons. The largest absolute Gasteiger partial charge is 0.481 e. The van der Waals surface area contributed by atoms with Gasteiger partial charge in [-0.1, -0.05) is 17.7 Å². The summed E-state index contributed by atoms with van der Waals surface area (Å²) < 4.78 is 1.55. The molecule has 2 aromatic rings. The highest BCUT2D eigenvalue weighted by atomic mass is 35.5. The molecule has 6 nitrogen and oxygen atoms in total. The molecule has 2 rings (SSSR count). The Kier molecular flexibility index (Phi) is 4.13. The van der Waals surface area contributed by atoms with Gasteiger partial charge in [0.05, 0.1) is 10.7 Å². The summed E-state index contributed by atoms with van der Waals surface area (Å²) in [4.78, 5) is 14.4. The van der Waals surface area contributed by atoms with Crippen molar-refractivity contribution in [3.63, 3.8) is 0 Å². The van der Waals surface area contributed by atoms with E-state index in [1.807, 2.05) is 6.07 Å². The summed E-state index contributed by atoms with van der Waals surface area (Å²) in [6.07, 6.45) is 3.37. The fraction of sp³-hybridized carbons (Fsp3) is 0.250. The number of rotatable bonds is 5. The molecule has 1 unspecified atom stereocenters. The molecule has 1 heterocycles. The average molecular weight is 281 g/mol. The Morgan fingerprint density at radius 2 is 2.32 bits per heavy atom. The van der Waals surface area contributed by atoms with Crippen LogP contribution in [0.3, 0.4) is 0 Å². The minimum absolute atomic E-state index is 0.0314. The molecule has 1 atom stereocenters. The molecular weight excluding hydrogens is 268 g/mol. The second-order valence-corrected chi connectivity index (χ2v) is 4.50. The highest BCUT2D eigenvalue weighted by Crippen LogP contribution is 2.25. The summed E-state index contributed by atoms with van der Waals surface area (Å²) >= 11 is 6.17. The summed E-state index contributed by atoms with van der Waals surface area (Å²) in [6, 6.07) is 4.98. The first-order valence-electron chi connectivity index (χ1n) is 5.69. The number of nitrogens with two attached hydrogens (primary N) is 1. The second kappa shape index (κ2) is 5.81. The minimum Gasteiger partial charge on any atom is -0.481 e. The van der Waals surface area contributed by atoms with Gasteiger partial charge in [0.25, 0.3) is 0 Å². The predicted molar refractivity (Wildman–Crippen MR) is 70.2 cm³/mol. The molecule has 100 valence electrons. The molecule has 0 aliphatic carbocycles. The lowest BCUT2D eigenvalue weighted by atomic mass is 10.0. The number of benzene rings is 1. The Hall–Kier alpha value is -1.92. The van der Waals surface area contributed by atoms with Crippen molar-refractivity contribution in [1.29, 1.82) is 0 Å². The molecule has 0 saturated heterocycles. The molecule has 3 N–H and O–H groups in total. The second-order valence-electron chi connectivity index (χ2n) is 4.09. The molecule has 0 fully saturated rings. The zero-order valence-corrected chi connectivity index (χ0v) is 10.8. The van der Waals surface area contributed by atoms with E-state index in [1.54, 1.807) is 23.1 Å². The van der Waals surface area contributed by atoms with Crippen molar-refractivity contribution in [2.24, 2.45) is 5.73 Å². The first-order valence-corrected chi connectivity index (χ1v) is 6.07. The average Bonchev–Trinajstić information content (AvgIpc) is 2.89. The first kappa shape index (κ1) is 13.5. The quantitative estimate of drug-likeness (QED) is 0.871. The van der Waals surface area contributed by atoms with Crippen molar-refractivity contribution in [2.75, 3.05) is 0 Å². The lowest BCUT2D eigenvalue weighted by molar-refractivity contribution is -0.137. The minimum atomic E-state index is -0.860. The van der Waals surface area contributed by atoms with E-state index < -0.39 is 5.97 Å². The third-order valence-electron chi connectivity index (χ3n) is 2.73. The number of carbonyl (C=O) groups is 1. The van der Waals surface area contributed by atoms with Gasteiger partial charge in [0.15, 0.2) is 0 Å². The standard InChI is InChI=1S/C12H13ClN4O2/c13-9-5-8(10(14)2-4-12(18)19)1-3-11(9)17-7-15-6-16-17/h1,3,5-7,10H,2,4,14H2,(H,18,19). The van der Waals surface area contributed by atoms with Gasteiger partial charge in [0.2, 0.25) is 0 Å². The normalized spacial score (nSPS) is 12.3. The molecule has 0 amide bonds. The number of hydrogen-bond donors (Lipinski definition) is 2. The van der Waals surface area contributed by atoms with Crippen LogP contribution in [-0.2, 0) is 4.79 Å². The van der Waals surface area contributed by atoms with Gasteiger partial charge in [0, 0.05) is 12.5 Å². The van der Waals surface area contributed by atoms with E-state index in [0.717, 1.165) is 5.56 Å². The molecular formula is C12H13ClN4O2. The summed E-state index contributed by atoms with van der Waals surface area (Å²) in [6.45, 7) is 0. The topological polar surface area (TPSA) is 94.0 Å². The number of nitrogens with zero attached hydrogens (tertiary/aromatic N) is 3. The number of halogens is 1. The van der Waals surface area contributed by atoms with Gasteiger partial charge >= 0.3 is 5.97 Å². The van der Waals surface area contributed by atoms with Gasteiger partial charge in [-0.25, -0.2) is 9.67 Å². The lowest BCUT2D eigenvalue weighted by Crippen LogP contribution is -2.12. The Morgan fingerprint density at radius 3 is 2.89 bits per heavy atom. The molecule has 7 heteroatoms. The van der Waals surface area contributed by atoms with Crippen LogP contribution in [0.5, 0.6) is 0 Å². The van der Waals surface area contributed by atoms with Crippen molar-refractivity contribution in [3.8, 4) is 5.69 Å². The zero-order chi connectivity index (χ0) is 13.8. The van der Waals surface area contributed by atoms with E-state index in [1.165, 1.54) is 6.33 Å². The Bertz CT molecular complexity index is 571. The highest BCUT2D eigenvalue weighted by molar-refractivity contribution is 6.32. The summed E-state index contributed by atoms with van der Waals surface area (Å²) in [5.74, 6) is -0.860. The Labute approximate surface area is 114 Å². The number of aromatic nitrogens is 3. The number of carboxylic acids is 1. The maximum Gasteiger partial charge on any atom is 0.303 e. The van der Waals surface area contributed by atoms with E-state index in [0.29, 0.717) is 17.1 Å². The number of aliphatic carboxylic acids is 1. The Morgan fingerprint density at radius 1 is 1.53 bits per heavy atom. The molecule has 0 spiro atoms. The predicted octanol–water partition coefficient (Wildman–Crippen LogP) is 1.79. The van der Waals surface area contributed by atoms with Crippen LogP contribution in [0.1, 0.15) is 24.4 Å². The number of carboxylic acid groups (broad SMARTS) is 1. The van der Waals surface area contributed by atoms with Crippen LogP contribution in [0, 0.1) is 0 Å². The molecule has 1 aromatic heterocycles. The summed E-state index contributed by atoms with van der Waals surface area (Å²) in [5, 5.41) is 13.1. The van der Waals surface area contributed by atoms with Crippen LogP contribution < -0.4 is 5.73 Å². The van der Waals surface area contributed by atoms with E-state index >= 15 is 0 Å². The fourth-order valence-electron chi connectivity index (χ4n) is 1.72.